The summed E-state index contributed by atoms with van der Waals surface area (Å²) in [6.45, 7) is 2.80. The van der Waals surface area contributed by atoms with E-state index in [2.05, 4.69) is 21.7 Å². The van der Waals surface area contributed by atoms with Gasteiger partial charge in [-0.3, -0.25) is 0 Å². The molecule has 0 spiro atoms. The lowest BCUT2D eigenvalue weighted by Gasteiger charge is -2.10. The molecular formula is C14H19N3O. The first kappa shape index (κ1) is 12.6. The van der Waals surface area contributed by atoms with E-state index in [-0.39, 0.29) is 6.04 Å². The van der Waals surface area contributed by atoms with Crippen molar-refractivity contribution >= 4 is 0 Å². The number of nitrogens with zero attached hydrogens (tertiary/aromatic N) is 2. The average Bonchev–Trinajstić information content (AvgIpc) is 2.77. The van der Waals surface area contributed by atoms with E-state index < -0.39 is 0 Å². The summed E-state index contributed by atoms with van der Waals surface area (Å²) in [6, 6.07) is 8.19. The lowest BCUT2D eigenvalue weighted by molar-refractivity contribution is 0.414. The van der Waals surface area contributed by atoms with Crippen molar-refractivity contribution in [3.05, 3.63) is 48.0 Å². The number of nitrogens with two attached hydrogens (primary N) is 1. The molecule has 2 aromatic rings. The third kappa shape index (κ3) is 3.11. The van der Waals surface area contributed by atoms with Crippen LogP contribution in [0.5, 0.6) is 5.75 Å². The van der Waals surface area contributed by atoms with Gasteiger partial charge in [0.05, 0.1) is 7.11 Å². The summed E-state index contributed by atoms with van der Waals surface area (Å²) in [5.74, 6) is 1.90. The molecule has 0 aliphatic heterocycles. The molecule has 1 aromatic heterocycles. The maximum absolute atomic E-state index is 5.81. The van der Waals surface area contributed by atoms with E-state index in [0.29, 0.717) is 0 Å². The standard InChI is InChI=1S/C14H19N3O/c1-11(15)9-14-16-7-8-17(14)10-12-3-5-13(18-2)6-4-12/h3-8,11H,9-10,15H2,1-2H3. The molecule has 2 rings (SSSR count). The Morgan fingerprint density at radius 2 is 2.06 bits per heavy atom. The zero-order valence-corrected chi connectivity index (χ0v) is 10.8. The molecule has 4 heteroatoms. The largest absolute Gasteiger partial charge is 0.497 e. The summed E-state index contributed by atoms with van der Waals surface area (Å²) in [5.41, 5.74) is 7.04. The molecule has 0 bridgehead atoms. The van der Waals surface area contributed by atoms with Crippen LogP contribution >= 0.6 is 0 Å². The van der Waals surface area contributed by atoms with Gasteiger partial charge in [-0.25, -0.2) is 4.98 Å². The van der Waals surface area contributed by atoms with Gasteiger partial charge >= 0.3 is 0 Å². The summed E-state index contributed by atoms with van der Waals surface area (Å²) in [5, 5.41) is 0. The van der Waals surface area contributed by atoms with Crippen LogP contribution in [0.3, 0.4) is 0 Å². The Morgan fingerprint density at radius 1 is 1.33 bits per heavy atom. The number of methoxy groups -OCH3 is 1. The molecule has 1 heterocycles. The zero-order valence-electron chi connectivity index (χ0n) is 10.8. The molecule has 0 saturated heterocycles. The van der Waals surface area contributed by atoms with Crippen LogP contribution in [-0.2, 0) is 13.0 Å². The van der Waals surface area contributed by atoms with Crippen molar-refractivity contribution in [1.29, 1.82) is 0 Å². The number of imidazole rings is 1. The van der Waals surface area contributed by atoms with Gasteiger partial charge in [0.2, 0.25) is 0 Å². The van der Waals surface area contributed by atoms with E-state index in [9.17, 15) is 0 Å². The second-order valence-electron chi connectivity index (χ2n) is 4.50. The molecule has 4 nitrogen and oxygen atoms in total. The Morgan fingerprint density at radius 3 is 2.67 bits per heavy atom. The van der Waals surface area contributed by atoms with Crippen molar-refractivity contribution in [3.8, 4) is 5.75 Å². The maximum Gasteiger partial charge on any atom is 0.118 e. The number of aromatic nitrogens is 2. The highest BCUT2D eigenvalue weighted by Crippen LogP contribution is 2.13. The van der Waals surface area contributed by atoms with E-state index in [4.69, 9.17) is 10.5 Å². The number of hydrogen-bond donors (Lipinski definition) is 1. The molecule has 0 aliphatic rings. The fourth-order valence-electron chi connectivity index (χ4n) is 1.89. The van der Waals surface area contributed by atoms with E-state index in [1.165, 1.54) is 5.56 Å². The highest BCUT2D eigenvalue weighted by molar-refractivity contribution is 5.27. The van der Waals surface area contributed by atoms with Gasteiger partial charge in [-0.15, -0.1) is 0 Å². The predicted molar refractivity (Wildman–Crippen MR) is 71.7 cm³/mol. The Kier molecular flexibility index (Phi) is 3.99. The SMILES string of the molecule is COc1ccc(Cn2ccnc2CC(C)N)cc1. The third-order valence-corrected chi connectivity index (χ3v) is 2.82. The van der Waals surface area contributed by atoms with Crippen molar-refractivity contribution in [2.75, 3.05) is 7.11 Å². The monoisotopic (exact) mass is 245 g/mol. The van der Waals surface area contributed by atoms with Crippen molar-refractivity contribution in [3.63, 3.8) is 0 Å². The second-order valence-corrected chi connectivity index (χ2v) is 4.50. The van der Waals surface area contributed by atoms with Gasteiger partial charge in [-0.1, -0.05) is 12.1 Å². The average molecular weight is 245 g/mol. The van der Waals surface area contributed by atoms with E-state index in [1.54, 1.807) is 7.11 Å². The first-order valence-corrected chi connectivity index (χ1v) is 6.07. The van der Waals surface area contributed by atoms with Crippen LogP contribution < -0.4 is 10.5 Å². The Bertz CT molecular complexity index is 488. The predicted octanol–water partition coefficient (Wildman–Crippen LogP) is 1.83. The molecule has 0 amide bonds. The summed E-state index contributed by atoms with van der Waals surface area (Å²) in [4.78, 5) is 4.34. The highest BCUT2D eigenvalue weighted by Gasteiger charge is 2.06. The molecule has 1 aromatic carbocycles. The zero-order chi connectivity index (χ0) is 13.0. The minimum Gasteiger partial charge on any atom is -0.497 e. The van der Waals surface area contributed by atoms with Crippen molar-refractivity contribution in [2.45, 2.75) is 25.9 Å². The quantitative estimate of drug-likeness (QED) is 0.874. The first-order valence-electron chi connectivity index (χ1n) is 6.07. The molecule has 1 unspecified atom stereocenters. The highest BCUT2D eigenvalue weighted by atomic mass is 16.5. The van der Waals surface area contributed by atoms with Crippen LogP contribution in [-0.4, -0.2) is 22.7 Å². The van der Waals surface area contributed by atoms with Crippen LogP contribution in [0.15, 0.2) is 36.7 Å². The van der Waals surface area contributed by atoms with Gasteiger partial charge in [-0.2, -0.15) is 0 Å². The Hall–Kier alpha value is -1.81. The summed E-state index contributed by atoms with van der Waals surface area (Å²) in [7, 11) is 1.67. The molecule has 18 heavy (non-hydrogen) atoms. The minimum atomic E-state index is 0.127. The molecule has 0 fully saturated rings. The van der Waals surface area contributed by atoms with Gasteiger partial charge < -0.3 is 15.0 Å². The van der Waals surface area contributed by atoms with Gasteiger partial charge in [0, 0.05) is 31.4 Å². The lowest BCUT2D eigenvalue weighted by Crippen LogP contribution is -2.20. The number of ether oxygens (including phenoxy) is 1. The minimum absolute atomic E-state index is 0.127. The molecule has 0 aliphatic carbocycles. The van der Waals surface area contributed by atoms with Gasteiger partial charge in [0.15, 0.2) is 0 Å². The second kappa shape index (κ2) is 5.69. The molecule has 1 atom stereocenters. The topological polar surface area (TPSA) is 53.1 Å². The van der Waals surface area contributed by atoms with E-state index in [0.717, 1.165) is 24.5 Å². The lowest BCUT2D eigenvalue weighted by atomic mass is 10.2. The summed E-state index contributed by atoms with van der Waals surface area (Å²) in [6.07, 6.45) is 4.60. The fourth-order valence-corrected chi connectivity index (χ4v) is 1.89. The van der Waals surface area contributed by atoms with Crippen LogP contribution in [0, 0.1) is 0 Å². The maximum atomic E-state index is 5.81. The summed E-state index contributed by atoms with van der Waals surface area (Å²) >= 11 is 0. The van der Waals surface area contributed by atoms with Gasteiger partial charge in [0.25, 0.3) is 0 Å². The van der Waals surface area contributed by atoms with Crippen LogP contribution in [0.25, 0.3) is 0 Å². The normalized spacial score (nSPS) is 12.4. The van der Waals surface area contributed by atoms with Crippen LogP contribution in [0.2, 0.25) is 0 Å². The number of hydrogen-bond acceptors (Lipinski definition) is 3. The Labute approximate surface area is 107 Å². The molecule has 2 N–H and O–H groups in total. The first-order chi connectivity index (χ1) is 8.69. The van der Waals surface area contributed by atoms with Crippen molar-refractivity contribution in [2.24, 2.45) is 5.73 Å². The van der Waals surface area contributed by atoms with E-state index in [1.807, 2.05) is 31.5 Å². The fraction of sp³-hybridized carbons (Fsp3) is 0.357. The summed E-state index contributed by atoms with van der Waals surface area (Å²) < 4.78 is 7.28. The number of benzene rings is 1. The molecular weight excluding hydrogens is 226 g/mol. The molecule has 0 radical (unpaired) electrons. The Balaban J connectivity index is 2.10. The van der Waals surface area contributed by atoms with Crippen molar-refractivity contribution < 1.29 is 4.74 Å². The van der Waals surface area contributed by atoms with Gasteiger partial charge in [-0.05, 0) is 24.6 Å². The van der Waals surface area contributed by atoms with Gasteiger partial charge in [0.1, 0.15) is 11.6 Å². The van der Waals surface area contributed by atoms with Crippen LogP contribution in [0.4, 0.5) is 0 Å². The van der Waals surface area contributed by atoms with E-state index >= 15 is 0 Å². The smallest absolute Gasteiger partial charge is 0.118 e. The molecule has 0 saturated carbocycles. The molecule has 96 valence electrons. The van der Waals surface area contributed by atoms with Crippen LogP contribution in [0.1, 0.15) is 18.3 Å². The third-order valence-electron chi connectivity index (χ3n) is 2.82. The van der Waals surface area contributed by atoms with Crippen molar-refractivity contribution in [1.82, 2.24) is 9.55 Å². The number of rotatable bonds is 5.